The molecule has 3 atom stereocenters. The van der Waals surface area contributed by atoms with Crippen LogP contribution in [-0.2, 0) is 42.1 Å². The molecule has 0 radical (unpaired) electrons. The molecule has 1 aliphatic heterocycles. The van der Waals surface area contributed by atoms with Crippen molar-refractivity contribution in [3.63, 3.8) is 0 Å². The van der Waals surface area contributed by atoms with E-state index in [1.165, 1.54) is 6.20 Å². The van der Waals surface area contributed by atoms with Crippen molar-refractivity contribution in [2.24, 2.45) is 5.92 Å². The second kappa shape index (κ2) is 6.97. The average Bonchev–Trinajstić information content (AvgIpc) is 3.37. The molecule has 1 unspecified atom stereocenters. The number of nitrogens with one attached hydrogen (secondary N) is 3. The first-order chi connectivity index (χ1) is 14.3. The fraction of sp³-hybridized carbons (Fsp3) is 0.500. The summed E-state index contributed by atoms with van der Waals surface area (Å²) in [4.78, 5) is 12.8. The van der Waals surface area contributed by atoms with Crippen LogP contribution in [0.1, 0.15) is 35.6 Å². The highest BCUT2D eigenvalue weighted by atomic mass is 32.2. The first kappa shape index (κ1) is 19.3. The number of carbonyl (C=O) groups excluding carboxylic acids is 1. The first-order valence-electron chi connectivity index (χ1n) is 10.2. The summed E-state index contributed by atoms with van der Waals surface area (Å²) in [7, 11) is -3.68. The Labute approximate surface area is 174 Å². The number of anilines is 1. The van der Waals surface area contributed by atoms with Gasteiger partial charge in [-0.3, -0.25) is 0 Å². The van der Waals surface area contributed by atoms with Crippen LogP contribution in [0.4, 0.5) is 14.9 Å². The summed E-state index contributed by atoms with van der Waals surface area (Å²) in [5, 5.41) is 6.93. The molecule has 1 aromatic carbocycles. The maximum Gasteiger partial charge on any atom is 0.331 e. The van der Waals surface area contributed by atoms with Gasteiger partial charge in [0, 0.05) is 24.4 Å². The molecule has 0 fully saturated rings. The van der Waals surface area contributed by atoms with Gasteiger partial charge in [0.2, 0.25) is 5.88 Å². The lowest BCUT2D eigenvalue weighted by Gasteiger charge is -2.22. The maximum atomic E-state index is 14.0. The van der Waals surface area contributed by atoms with Gasteiger partial charge in [-0.1, -0.05) is 13.0 Å². The zero-order valence-corrected chi connectivity index (χ0v) is 17.5. The van der Waals surface area contributed by atoms with Gasteiger partial charge in [-0.05, 0) is 41.5 Å². The van der Waals surface area contributed by atoms with Crippen molar-refractivity contribution >= 4 is 21.6 Å². The smallest absolute Gasteiger partial charge is 0.331 e. The number of halogens is 1. The highest BCUT2D eigenvalue weighted by Gasteiger charge is 2.31. The molecular weight excluding hydrogens is 409 g/mol. The number of fused-ring (bicyclic) bond motifs is 3. The van der Waals surface area contributed by atoms with Crippen LogP contribution in [0.3, 0.4) is 0 Å². The van der Waals surface area contributed by atoms with E-state index in [4.69, 9.17) is 9.52 Å². The molecule has 5 rings (SSSR count). The summed E-state index contributed by atoms with van der Waals surface area (Å²) in [6.07, 6.45) is 3.68. The number of alkyl halides is 1. The number of rotatable bonds is 3. The summed E-state index contributed by atoms with van der Waals surface area (Å²) >= 11 is 0. The van der Waals surface area contributed by atoms with Gasteiger partial charge in [0.05, 0.1) is 19.3 Å². The lowest BCUT2D eigenvalue weighted by Crippen LogP contribution is -2.34. The van der Waals surface area contributed by atoms with E-state index in [0.717, 1.165) is 41.5 Å². The first-order valence-corrected chi connectivity index (χ1v) is 11.7. The summed E-state index contributed by atoms with van der Waals surface area (Å²) in [5.74, 6) is 0.514. The molecule has 1 aromatic heterocycles. The van der Waals surface area contributed by atoms with E-state index in [2.05, 4.69) is 21.2 Å². The van der Waals surface area contributed by atoms with Crippen LogP contribution in [0.25, 0.3) is 0 Å². The van der Waals surface area contributed by atoms with Gasteiger partial charge < -0.3 is 10.1 Å². The maximum absolute atomic E-state index is 14.0. The average molecular weight is 434 g/mol. The van der Waals surface area contributed by atoms with Gasteiger partial charge >= 0.3 is 6.03 Å². The molecule has 3 N–H and O–H groups in total. The summed E-state index contributed by atoms with van der Waals surface area (Å²) in [6, 6.07) is 1.31. The highest BCUT2D eigenvalue weighted by molar-refractivity contribution is 7.91. The molecule has 10 heteroatoms. The molecular formula is C20H24FN5O3S. The molecule has 0 saturated carbocycles. The minimum Gasteiger partial charge on any atom is -0.477 e. The number of aryl methyl sites for hydroxylation is 1. The van der Waals surface area contributed by atoms with E-state index >= 15 is 0 Å². The quantitative estimate of drug-likeness (QED) is 0.691. The summed E-state index contributed by atoms with van der Waals surface area (Å²) in [5.41, 5.74) is 4.52. The van der Waals surface area contributed by atoms with Crippen LogP contribution in [0.15, 0.2) is 17.2 Å². The van der Waals surface area contributed by atoms with Gasteiger partial charge in [-0.2, -0.15) is 5.10 Å². The van der Waals surface area contributed by atoms with Gasteiger partial charge in [0.15, 0.2) is 9.92 Å². The van der Waals surface area contributed by atoms with Crippen molar-refractivity contribution in [2.75, 3.05) is 11.9 Å². The SMILES string of the molecule is C[C@H]1COc2c(S(=N)(=O)NC(=O)Nc3c4c(cc5c3C[C@@H](F)C5)CCC4)cnn2C1. The lowest BCUT2D eigenvalue weighted by atomic mass is 9.99. The molecule has 2 aromatic rings. The van der Waals surface area contributed by atoms with Crippen molar-refractivity contribution < 1.29 is 18.1 Å². The van der Waals surface area contributed by atoms with E-state index < -0.39 is 22.1 Å². The molecule has 2 amide bonds. The summed E-state index contributed by atoms with van der Waals surface area (Å²) in [6.45, 7) is 3.05. The van der Waals surface area contributed by atoms with Crippen LogP contribution in [0, 0.1) is 10.7 Å². The van der Waals surface area contributed by atoms with Crippen molar-refractivity contribution in [3.05, 3.63) is 34.5 Å². The number of carbonyl (C=O) groups is 1. The number of hydrogen-bond donors (Lipinski definition) is 3. The Morgan fingerprint density at radius 2 is 2.17 bits per heavy atom. The van der Waals surface area contributed by atoms with Crippen molar-refractivity contribution in [3.8, 4) is 5.88 Å². The Balaban J connectivity index is 1.40. The van der Waals surface area contributed by atoms with E-state index in [-0.39, 0.29) is 23.1 Å². The fourth-order valence-corrected chi connectivity index (χ4v) is 5.70. The van der Waals surface area contributed by atoms with E-state index in [1.54, 1.807) is 4.68 Å². The van der Waals surface area contributed by atoms with Crippen LogP contribution in [0.5, 0.6) is 5.88 Å². The number of hydrogen-bond acceptors (Lipinski definition) is 5. The normalized spacial score (nSPS) is 23.7. The number of benzene rings is 1. The Morgan fingerprint density at radius 1 is 1.33 bits per heavy atom. The number of urea groups is 1. The fourth-order valence-electron chi connectivity index (χ4n) is 4.67. The second-order valence-electron chi connectivity index (χ2n) is 8.41. The van der Waals surface area contributed by atoms with Crippen LogP contribution in [-0.4, -0.2) is 32.8 Å². The van der Waals surface area contributed by atoms with Crippen molar-refractivity contribution in [1.82, 2.24) is 14.5 Å². The second-order valence-corrected chi connectivity index (χ2v) is 10.2. The van der Waals surface area contributed by atoms with Gasteiger partial charge in [-0.15, -0.1) is 0 Å². The van der Waals surface area contributed by atoms with Crippen LogP contribution >= 0.6 is 0 Å². The predicted molar refractivity (Wildman–Crippen MR) is 109 cm³/mol. The number of amides is 2. The third kappa shape index (κ3) is 3.23. The predicted octanol–water partition coefficient (Wildman–Crippen LogP) is 2.98. The van der Waals surface area contributed by atoms with Gasteiger partial charge in [0.1, 0.15) is 11.1 Å². The Kier molecular flexibility index (Phi) is 4.49. The largest absolute Gasteiger partial charge is 0.477 e. The Bertz CT molecular complexity index is 1140. The molecule has 3 aliphatic rings. The zero-order valence-electron chi connectivity index (χ0n) is 16.7. The molecule has 0 bridgehead atoms. The number of ether oxygens (including phenoxy) is 1. The van der Waals surface area contributed by atoms with Crippen LogP contribution in [0.2, 0.25) is 0 Å². The number of aromatic nitrogens is 2. The van der Waals surface area contributed by atoms with Crippen LogP contribution < -0.4 is 14.8 Å². The minimum absolute atomic E-state index is 0.0527. The third-order valence-electron chi connectivity index (χ3n) is 6.00. The molecule has 2 aliphatic carbocycles. The Morgan fingerprint density at radius 3 is 3.00 bits per heavy atom. The highest BCUT2D eigenvalue weighted by Crippen LogP contribution is 2.39. The standard InChI is InChI=1S/C20H24FN5O3S/c1-11-9-26-19(29-10-11)17(8-23-26)30(22,28)25-20(27)24-18-15-4-2-3-12(15)5-13-6-14(21)7-16(13)18/h5,8,11,14H,2-4,6-7,9-10H2,1H3,(H3,22,24,25,27,28)/t11-,14+,30?/m1/s1. The Hall–Kier alpha value is -2.62. The summed E-state index contributed by atoms with van der Waals surface area (Å²) < 4.78 is 44.8. The molecule has 160 valence electrons. The molecule has 30 heavy (non-hydrogen) atoms. The van der Waals surface area contributed by atoms with E-state index in [9.17, 15) is 13.4 Å². The van der Waals surface area contributed by atoms with Crippen molar-refractivity contribution in [1.29, 1.82) is 4.78 Å². The minimum atomic E-state index is -3.68. The van der Waals surface area contributed by atoms with E-state index in [1.807, 2.05) is 6.92 Å². The monoisotopic (exact) mass is 433 g/mol. The molecule has 0 spiro atoms. The third-order valence-corrected chi connectivity index (χ3v) is 7.37. The lowest BCUT2D eigenvalue weighted by molar-refractivity contribution is 0.170. The molecule has 8 nitrogen and oxygen atoms in total. The molecule has 2 heterocycles. The van der Waals surface area contributed by atoms with Crippen molar-refractivity contribution in [2.45, 2.75) is 56.6 Å². The zero-order chi connectivity index (χ0) is 21.0. The van der Waals surface area contributed by atoms with Gasteiger partial charge in [0.25, 0.3) is 0 Å². The van der Waals surface area contributed by atoms with E-state index in [0.29, 0.717) is 25.3 Å². The number of nitrogens with zero attached hydrogens (tertiary/aromatic N) is 2. The topological polar surface area (TPSA) is 109 Å². The van der Waals surface area contributed by atoms with Gasteiger partial charge in [-0.25, -0.2) is 27.6 Å². The molecule has 0 saturated heterocycles.